The van der Waals surface area contributed by atoms with E-state index in [9.17, 15) is 9.59 Å². The highest BCUT2D eigenvalue weighted by Gasteiger charge is 1.95. The molecule has 0 aromatic rings. The van der Waals surface area contributed by atoms with Crippen LogP contribution in [0.15, 0.2) is 24.3 Å². The van der Waals surface area contributed by atoms with Crippen molar-refractivity contribution in [2.45, 2.75) is 194 Å². The number of rotatable bonds is 30. The van der Waals surface area contributed by atoms with E-state index in [1.807, 2.05) is 0 Å². The molecule has 4 heteroatoms. The molecule has 0 fully saturated rings. The third kappa shape index (κ3) is 43.5. The third-order valence-corrected chi connectivity index (χ3v) is 7.39. The van der Waals surface area contributed by atoms with Crippen molar-refractivity contribution in [3.8, 4) is 0 Å². The molecule has 0 radical (unpaired) electrons. The predicted octanol–water partition coefficient (Wildman–Crippen LogP) is 12.2. The summed E-state index contributed by atoms with van der Waals surface area (Å²) in [6, 6.07) is 0. The average molecular weight is 565 g/mol. The van der Waals surface area contributed by atoms with Gasteiger partial charge in [-0.3, -0.25) is 4.79 Å². The van der Waals surface area contributed by atoms with Gasteiger partial charge in [0.05, 0.1) is 0 Å². The molecular formula is C36H68O4. The molecule has 2 N–H and O–H groups in total. The Labute approximate surface area is 249 Å². The Kier molecular flexibility index (Phi) is 37.9. The fourth-order valence-corrected chi connectivity index (χ4v) is 4.81. The molecule has 0 rings (SSSR count). The highest BCUT2D eigenvalue weighted by atomic mass is 16.4. The molecule has 0 heterocycles. The first-order valence-electron chi connectivity index (χ1n) is 17.3. The van der Waals surface area contributed by atoms with Crippen LogP contribution in [0.4, 0.5) is 0 Å². The van der Waals surface area contributed by atoms with Crippen LogP contribution in [0.25, 0.3) is 0 Å². The zero-order valence-corrected chi connectivity index (χ0v) is 26.8. The van der Waals surface area contributed by atoms with Crippen LogP contribution < -0.4 is 0 Å². The molecule has 0 aromatic heterocycles. The zero-order valence-electron chi connectivity index (χ0n) is 26.8. The molecule has 0 saturated carbocycles. The van der Waals surface area contributed by atoms with Gasteiger partial charge in [-0.05, 0) is 44.9 Å². The Balaban J connectivity index is 0. The lowest BCUT2D eigenvalue weighted by atomic mass is 10.0. The maximum Gasteiger partial charge on any atom is 0.327 e. The number of carbonyl (C=O) groups is 2. The van der Waals surface area contributed by atoms with Gasteiger partial charge in [0.1, 0.15) is 0 Å². The van der Waals surface area contributed by atoms with E-state index in [0.717, 1.165) is 32.1 Å². The number of unbranched alkanes of at least 4 members (excludes halogenated alkanes) is 24. The van der Waals surface area contributed by atoms with Crippen molar-refractivity contribution in [3.63, 3.8) is 0 Å². The van der Waals surface area contributed by atoms with Gasteiger partial charge in [0, 0.05) is 12.5 Å². The minimum absolute atomic E-state index is 0.312. The lowest BCUT2D eigenvalue weighted by Gasteiger charge is -2.02. The molecule has 0 saturated heterocycles. The minimum Gasteiger partial charge on any atom is -0.481 e. The van der Waals surface area contributed by atoms with Gasteiger partial charge >= 0.3 is 11.9 Å². The van der Waals surface area contributed by atoms with Crippen LogP contribution in [0.5, 0.6) is 0 Å². The number of carboxylic acids is 2. The van der Waals surface area contributed by atoms with E-state index in [4.69, 9.17) is 10.2 Å². The van der Waals surface area contributed by atoms with Crippen LogP contribution in [-0.4, -0.2) is 22.2 Å². The van der Waals surface area contributed by atoms with Gasteiger partial charge in [-0.2, -0.15) is 0 Å². The molecule has 0 aliphatic heterocycles. The van der Waals surface area contributed by atoms with Gasteiger partial charge in [0.2, 0.25) is 0 Å². The summed E-state index contributed by atoms with van der Waals surface area (Å²) in [6.45, 7) is 4.53. The van der Waals surface area contributed by atoms with E-state index in [-0.39, 0.29) is 0 Å². The molecular weight excluding hydrogens is 496 g/mol. The largest absolute Gasteiger partial charge is 0.481 e. The number of allylic oxidation sites excluding steroid dienone is 3. The third-order valence-electron chi connectivity index (χ3n) is 7.39. The molecule has 0 spiro atoms. The highest BCUT2D eigenvalue weighted by Crippen LogP contribution is 2.13. The Bertz CT molecular complexity index is 567. The van der Waals surface area contributed by atoms with E-state index < -0.39 is 11.9 Å². The highest BCUT2D eigenvalue weighted by molar-refractivity contribution is 5.79. The number of aliphatic carboxylic acids is 2. The molecule has 0 aliphatic rings. The van der Waals surface area contributed by atoms with Gasteiger partial charge in [-0.1, -0.05) is 160 Å². The Hall–Kier alpha value is -1.58. The summed E-state index contributed by atoms with van der Waals surface area (Å²) in [5.41, 5.74) is 0. The second kappa shape index (κ2) is 37.4. The van der Waals surface area contributed by atoms with Crippen LogP contribution in [0, 0.1) is 0 Å². The fourth-order valence-electron chi connectivity index (χ4n) is 4.81. The van der Waals surface area contributed by atoms with Gasteiger partial charge in [0.25, 0.3) is 0 Å². The van der Waals surface area contributed by atoms with Crippen molar-refractivity contribution in [1.82, 2.24) is 0 Å². The zero-order chi connectivity index (χ0) is 29.8. The number of carboxylic acid groups (broad SMARTS) is 2. The molecule has 0 unspecified atom stereocenters. The Morgan fingerprint density at radius 1 is 0.425 bits per heavy atom. The number of hydrogen-bond donors (Lipinski definition) is 2. The first kappa shape index (κ1) is 40.6. The van der Waals surface area contributed by atoms with Crippen LogP contribution in [0.2, 0.25) is 0 Å². The monoisotopic (exact) mass is 565 g/mol. The van der Waals surface area contributed by atoms with Crippen LogP contribution in [0.3, 0.4) is 0 Å². The molecule has 236 valence electrons. The topological polar surface area (TPSA) is 74.6 Å². The summed E-state index contributed by atoms with van der Waals surface area (Å²) in [5, 5.41) is 16.9. The lowest BCUT2D eigenvalue weighted by molar-refractivity contribution is -0.137. The first-order valence-corrected chi connectivity index (χ1v) is 17.3. The maximum atomic E-state index is 10.3. The Morgan fingerprint density at radius 2 is 0.725 bits per heavy atom. The van der Waals surface area contributed by atoms with Gasteiger partial charge < -0.3 is 10.2 Å². The van der Waals surface area contributed by atoms with Gasteiger partial charge in [0.15, 0.2) is 0 Å². The summed E-state index contributed by atoms with van der Waals surface area (Å²) in [6.07, 6.45) is 42.8. The standard InChI is InChI=1S/2C18H34O2/c2*1-2-3-4-5-6-7-8-9-10-11-12-13-14-15-16-17-18(19)20/h16-17H,2-15H2,1H3,(H,19,20);12-13H,2-11,14-17H2,1H3,(H,19,20)/b17-16-;13-12-. The van der Waals surface area contributed by atoms with Gasteiger partial charge in [-0.15, -0.1) is 0 Å². The summed E-state index contributed by atoms with van der Waals surface area (Å²) < 4.78 is 0. The average Bonchev–Trinajstić information content (AvgIpc) is 2.93. The predicted molar refractivity (Wildman–Crippen MR) is 174 cm³/mol. The molecule has 0 bridgehead atoms. The van der Waals surface area contributed by atoms with Crippen molar-refractivity contribution in [2.75, 3.05) is 0 Å². The quantitative estimate of drug-likeness (QED) is 0.0517. The van der Waals surface area contributed by atoms with Crippen LogP contribution in [0.1, 0.15) is 194 Å². The second-order valence-corrected chi connectivity index (χ2v) is 11.5. The molecule has 0 aromatic carbocycles. The van der Waals surface area contributed by atoms with E-state index in [2.05, 4.69) is 26.0 Å². The van der Waals surface area contributed by atoms with E-state index >= 15 is 0 Å². The van der Waals surface area contributed by atoms with E-state index in [1.165, 1.54) is 147 Å². The fraction of sp³-hybridized carbons (Fsp3) is 0.833. The lowest BCUT2D eigenvalue weighted by Crippen LogP contribution is -1.92. The summed E-state index contributed by atoms with van der Waals surface area (Å²) >= 11 is 0. The molecule has 40 heavy (non-hydrogen) atoms. The SMILES string of the molecule is CCCCCCCCCCC/C=C\CCCCC(=O)O.CCCCCCCCCCCCCCC/C=C\C(=O)O. The Morgan fingerprint density at radius 3 is 1.05 bits per heavy atom. The van der Waals surface area contributed by atoms with E-state index in [1.54, 1.807) is 6.08 Å². The summed E-state index contributed by atoms with van der Waals surface area (Å²) in [7, 11) is 0. The summed E-state index contributed by atoms with van der Waals surface area (Å²) in [4.78, 5) is 20.6. The molecule has 0 amide bonds. The van der Waals surface area contributed by atoms with Crippen molar-refractivity contribution in [2.24, 2.45) is 0 Å². The van der Waals surface area contributed by atoms with Crippen molar-refractivity contribution < 1.29 is 19.8 Å². The van der Waals surface area contributed by atoms with Crippen molar-refractivity contribution in [3.05, 3.63) is 24.3 Å². The molecule has 0 aliphatic carbocycles. The first-order chi connectivity index (χ1) is 19.5. The van der Waals surface area contributed by atoms with Crippen molar-refractivity contribution >= 4 is 11.9 Å². The maximum absolute atomic E-state index is 10.3. The van der Waals surface area contributed by atoms with Gasteiger partial charge in [-0.25, -0.2) is 4.79 Å². The number of hydrogen-bond acceptors (Lipinski definition) is 2. The van der Waals surface area contributed by atoms with Crippen molar-refractivity contribution in [1.29, 1.82) is 0 Å². The minimum atomic E-state index is -0.834. The smallest absolute Gasteiger partial charge is 0.327 e. The molecule has 4 nitrogen and oxygen atoms in total. The van der Waals surface area contributed by atoms with Crippen LogP contribution in [-0.2, 0) is 9.59 Å². The van der Waals surface area contributed by atoms with Crippen LogP contribution >= 0.6 is 0 Å². The second-order valence-electron chi connectivity index (χ2n) is 11.5. The normalized spacial score (nSPS) is 11.2. The molecule has 0 atom stereocenters. The van der Waals surface area contributed by atoms with E-state index in [0.29, 0.717) is 6.42 Å². The summed E-state index contributed by atoms with van der Waals surface area (Å²) in [5.74, 6) is -1.51.